The Bertz CT molecular complexity index is 575. The fourth-order valence-electron chi connectivity index (χ4n) is 2.41. The largest absolute Gasteiger partial charge is 0.355 e. The summed E-state index contributed by atoms with van der Waals surface area (Å²) < 4.78 is 26.2. The van der Waals surface area contributed by atoms with Crippen molar-refractivity contribution >= 4 is 28.3 Å². The number of carbonyl (C=O) groups excluding carboxylic acids is 1. The van der Waals surface area contributed by atoms with Gasteiger partial charge in [0.15, 0.2) is 0 Å². The molecule has 1 aromatic carbocycles. The van der Waals surface area contributed by atoms with Gasteiger partial charge in [-0.2, -0.15) is 0 Å². The average molecular weight is 362 g/mol. The summed E-state index contributed by atoms with van der Waals surface area (Å²) in [7, 11) is -3.38. The third kappa shape index (κ3) is 7.78. The fraction of sp³-hybridized carbons (Fsp3) is 0.533. The van der Waals surface area contributed by atoms with Gasteiger partial charge in [0.2, 0.25) is 15.9 Å². The average Bonchev–Trinajstić information content (AvgIpc) is 2.99. The number of benzene rings is 1. The van der Waals surface area contributed by atoms with E-state index in [1.807, 2.05) is 30.3 Å². The predicted octanol–water partition coefficient (Wildman–Crippen LogP) is 0.786. The summed E-state index contributed by atoms with van der Waals surface area (Å²) >= 11 is 0. The Morgan fingerprint density at radius 3 is 2.65 bits per heavy atom. The molecule has 1 amide bonds. The van der Waals surface area contributed by atoms with Gasteiger partial charge in [-0.3, -0.25) is 4.79 Å². The van der Waals surface area contributed by atoms with Crippen molar-refractivity contribution in [2.24, 2.45) is 0 Å². The van der Waals surface area contributed by atoms with E-state index in [4.69, 9.17) is 0 Å². The summed E-state index contributed by atoms with van der Waals surface area (Å²) in [5.74, 6) is -0.207. The molecule has 6 nitrogen and oxygen atoms in total. The highest BCUT2D eigenvalue weighted by atomic mass is 35.5. The molecule has 2 rings (SSSR count). The standard InChI is InChI=1S/C15H23N3O3S.ClH/c19-15(11-14-7-4-8-16-14)17-9-10-22(20,21)18-12-13-5-2-1-3-6-13;/h1-3,5-6,14,16,18H,4,7-12H2,(H,17,19);1H. The lowest BCUT2D eigenvalue weighted by molar-refractivity contribution is -0.121. The van der Waals surface area contributed by atoms with Crippen molar-refractivity contribution in [3.05, 3.63) is 35.9 Å². The summed E-state index contributed by atoms with van der Waals surface area (Å²) in [4.78, 5) is 11.7. The van der Waals surface area contributed by atoms with Crippen LogP contribution in [0.3, 0.4) is 0 Å². The third-order valence-corrected chi connectivity index (χ3v) is 4.95. The van der Waals surface area contributed by atoms with Gasteiger partial charge in [0.05, 0.1) is 5.75 Å². The van der Waals surface area contributed by atoms with Crippen molar-refractivity contribution in [3.63, 3.8) is 0 Å². The van der Waals surface area contributed by atoms with E-state index in [2.05, 4.69) is 15.4 Å². The second kappa shape index (κ2) is 9.87. The van der Waals surface area contributed by atoms with Crippen molar-refractivity contribution in [1.82, 2.24) is 15.4 Å². The topological polar surface area (TPSA) is 87.3 Å². The number of nitrogens with one attached hydrogen (secondary N) is 3. The van der Waals surface area contributed by atoms with E-state index in [-0.39, 0.29) is 43.2 Å². The van der Waals surface area contributed by atoms with Gasteiger partial charge in [0, 0.05) is 25.6 Å². The maximum absolute atomic E-state index is 11.9. The molecular weight excluding hydrogens is 338 g/mol. The minimum Gasteiger partial charge on any atom is -0.355 e. The summed E-state index contributed by atoms with van der Waals surface area (Å²) in [5, 5.41) is 5.91. The van der Waals surface area contributed by atoms with Gasteiger partial charge in [-0.1, -0.05) is 30.3 Å². The number of hydrogen-bond acceptors (Lipinski definition) is 4. The molecule has 1 aromatic rings. The summed E-state index contributed by atoms with van der Waals surface area (Å²) in [5.41, 5.74) is 0.905. The van der Waals surface area contributed by atoms with Crippen LogP contribution in [0.4, 0.5) is 0 Å². The van der Waals surface area contributed by atoms with Crippen LogP contribution in [-0.4, -0.2) is 39.2 Å². The number of carbonyl (C=O) groups is 1. The van der Waals surface area contributed by atoms with Crippen LogP contribution in [0.25, 0.3) is 0 Å². The first-order chi connectivity index (χ1) is 10.6. The minimum atomic E-state index is -3.38. The van der Waals surface area contributed by atoms with E-state index in [1.165, 1.54) is 0 Å². The van der Waals surface area contributed by atoms with Crippen molar-refractivity contribution in [3.8, 4) is 0 Å². The molecule has 130 valence electrons. The minimum absolute atomic E-state index is 0. The SMILES string of the molecule is Cl.O=C(CC1CCCN1)NCCS(=O)(=O)NCc1ccccc1. The zero-order valence-corrected chi connectivity index (χ0v) is 14.6. The van der Waals surface area contributed by atoms with Crippen LogP contribution in [0.2, 0.25) is 0 Å². The molecule has 0 aromatic heterocycles. The van der Waals surface area contributed by atoms with Crippen LogP contribution in [-0.2, 0) is 21.4 Å². The van der Waals surface area contributed by atoms with Crippen molar-refractivity contribution in [1.29, 1.82) is 0 Å². The zero-order chi connectivity index (χ0) is 15.8. The lowest BCUT2D eigenvalue weighted by Crippen LogP contribution is -2.36. The Morgan fingerprint density at radius 2 is 2.00 bits per heavy atom. The molecule has 0 radical (unpaired) electrons. The van der Waals surface area contributed by atoms with Crippen LogP contribution < -0.4 is 15.4 Å². The number of rotatable bonds is 8. The lowest BCUT2D eigenvalue weighted by atomic mass is 10.1. The van der Waals surface area contributed by atoms with Gasteiger partial charge >= 0.3 is 0 Å². The highest BCUT2D eigenvalue weighted by molar-refractivity contribution is 7.89. The summed E-state index contributed by atoms with van der Waals surface area (Å²) in [6.45, 7) is 1.36. The van der Waals surface area contributed by atoms with Crippen LogP contribution in [0.1, 0.15) is 24.8 Å². The molecular formula is C15H24ClN3O3S. The fourth-order valence-corrected chi connectivity index (χ4v) is 3.31. The molecule has 1 atom stereocenters. The van der Waals surface area contributed by atoms with Gasteiger partial charge in [-0.05, 0) is 24.9 Å². The van der Waals surface area contributed by atoms with Crippen molar-refractivity contribution in [2.45, 2.75) is 31.8 Å². The van der Waals surface area contributed by atoms with Crippen LogP contribution in [0.15, 0.2) is 30.3 Å². The molecule has 1 saturated heterocycles. The molecule has 1 aliphatic rings. The van der Waals surface area contributed by atoms with Crippen LogP contribution in [0.5, 0.6) is 0 Å². The van der Waals surface area contributed by atoms with E-state index in [0.29, 0.717) is 6.42 Å². The molecule has 0 spiro atoms. The quantitative estimate of drug-likeness (QED) is 0.638. The first kappa shape index (κ1) is 19.9. The monoisotopic (exact) mass is 361 g/mol. The van der Waals surface area contributed by atoms with E-state index in [0.717, 1.165) is 24.9 Å². The zero-order valence-electron chi connectivity index (χ0n) is 13.0. The number of hydrogen-bond donors (Lipinski definition) is 3. The predicted molar refractivity (Wildman–Crippen MR) is 93.0 cm³/mol. The molecule has 1 heterocycles. The third-order valence-electron chi connectivity index (χ3n) is 3.63. The summed E-state index contributed by atoms with van der Waals surface area (Å²) in [6, 6.07) is 9.56. The number of amides is 1. The Labute approximate surface area is 143 Å². The van der Waals surface area contributed by atoms with Gasteiger partial charge < -0.3 is 10.6 Å². The van der Waals surface area contributed by atoms with Crippen molar-refractivity contribution < 1.29 is 13.2 Å². The normalized spacial score (nSPS) is 17.5. The molecule has 8 heteroatoms. The lowest BCUT2D eigenvalue weighted by Gasteiger charge is -2.11. The Balaban J connectivity index is 0.00000264. The molecule has 1 fully saturated rings. The van der Waals surface area contributed by atoms with Gasteiger partial charge in [-0.15, -0.1) is 12.4 Å². The Kier molecular flexibility index (Phi) is 8.54. The molecule has 1 aliphatic heterocycles. The van der Waals surface area contributed by atoms with Crippen LogP contribution >= 0.6 is 12.4 Å². The molecule has 0 aliphatic carbocycles. The molecule has 0 saturated carbocycles. The number of sulfonamides is 1. The van der Waals surface area contributed by atoms with E-state index < -0.39 is 10.0 Å². The van der Waals surface area contributed by atoms with Gasteiger partial charge in [0.1, 0.15) is 0 Å². The van der Waals surface area contributed by atoms with Crippen LogP contribution in [0, 0.1) is 0 Å². The first-order valence-electron chi connectivity index (χ1n) is 7.56. The Hall–Kier alpha value is -1.15. The molecule has 0 bridgehead atoms. The highest BCUT2D eigenvalue weighted by Crippen LogP contribution is 2.08. The highest BCUT2D eigenvalue weighted by Gasteiger charge is 2.18. The van der Waals surface area contributed by atoms with E-state index in [1.54, 1.807) is 0 Å². The second-order valence-electron chi connectivity index (χ2n) is 5.47. The van der Waals surface area contributed by atoms with Gasteiger partial charge in [0.25, 0.3) is 0 Å². The summed E-state index contributed by atoms with van der Waals surface area (Å²) in [6.07, 6.45) is 2.51. The molecule has 3 N–H and O–H groups in total. The Morgan fingerprint density at radius 1 is 1.26 bits per heavy atom. The maximum Gasteiger partial charge on any atom is 0.221 e. The smallest absolute Gasteiger partial charge is 0.221 e. The van der Waals surface area contributed by atoms with E-state index in [9.17, 15) is 13.2 Å². The van der Waals surface area contributed by atoms with E-state index >= 15 is 0 Å². The second-order valence-corrected chi connectivity index (χ2v) is 7.40. The van der Waals surface area contributed by atoms with Crippen molar-refractivity contribution in [2.75, 3.05) is 18.8 Å². The first-order valence-corrected chi connectivity index (χ1v) is 9.22. The molecule has 23 heavy (non-hydrogen) atoms. The maximum atomic E-state index is 11.9. The number of halogens is 1. The molecule has 1 unspecified atom stereocenters. The van der Waals surface area contributed by atoms with Gasteiger partial charge in [-0.25, -0.2) is 13.1 Å².